The third kappa shape index (κ3) is 1.04. The van der Waals surface area contributed by atoms with Gasteiger partial charge < -0.3 is 4.74 Å². The lowest BCUT2D eigenvalue weighted by atomic mass is 10.1. The molecule has 64 valence electrons. The van der Waals surface area contributed by atoms with Crippen LogP contribution in [0.3, 0.4) is 0 Å². The fourth-order valence-electron chi connectivity index (χ4n) is 1.47. The van der Waals surface area contributed by atoms with Crippen LogP contribution in [-0.2, 0) is 0 Å². The van der Waals surface area contributed by atoms with Crippen LogP contribution in [0.15, 0.2) is 23.7 Å². The lowest BCUT2D eigenvalue weighted by Crippen LogP contribution is -1.99. The Bertz CT molecular complexity index is 487. The lowest BCUT2D eigenvalue weighted by Gasteiger charge is -2.11. The third-order valence-electron chi connectivity index (χ3n) is 2.10. The smallest absolute Gasteiger partial charge is 0.128 e. The van der Waals surface area contributed by atoms with Crippen molar-refractivity contribution in [1.29, 1.82) is 0 Å². The highest BCUT2D eigenvalue weighted by molar-refractivity contribution is 7.16. The predicted octanol–water partition coefficient (Wildman–Crippen LogP) is 2.70. The SMILES string of the molecule is C1=Cc2cc3ncsc3cc2OC1. The number of aromatic nitrogens is 1. The first-order chi connectivity index (χ1) is 6.43. The zero-order valence-corrected chi connectivity index (χ0v) is 7.67. The normalized spacial score (nSPS) is 14.2. The van der Waals surface area contributed by atoms with Gasteiger partial charge in [-0.25, -0.2) is 4.98 Å². The maximum absolute atomic E-state index is 5.49. The molecule has 0 saturated carbocycles. The van der Waals surface area contributed by atoms with E-state index in [9.17, 15) is 0 Å². The second kappa shape index (κ2) is 2.57. The van der Waals surface area contributed by atoms with Crippen LogP contribution in [0, 0.1) is 0 Å². The summed E-state index contributed by atoms with van der Waals surface area (Å²) in [6, 6.07) is 4.13. The quantitative estimate of drug-likeness (QED) is 0.635. The molecule has 2 nitrogen and oxygen atoms in total. The van der Waals surface area contributed by atoms with Gasteiger partial charge in [0.1, 0.15) is 12.4 Å². The molecule has 0 bridgehead atoms. The van der Waals surface area contributed by atoms with Crippen molar-refractivity contribution < 1.29 is 4.74 Å². The summed E-state index contributed by atoms with van der Waals surface area (Å²) in [5.74, 6) is 0.972. The van der Waals surface area contributed by atoms with E-state index in [1.165, 1.54) is 4.70 Å². The van der Waals surface area contributed by atoms with Gasteiger partial charge in [0.15, 0.2) is 0 Å². The molecule has 0 N–H and O–H groups in total. The van der Waals surface area contributed by atoms with Crippen molar-refractivity contribution in [1.82, 2.24) is 4.98 Å². The molecule has 0 spiro atoms. The van der Waals surface area contributed by atoms with Gasteiger partial charge in [0.2, 0.25) is 0 Å². The second-order valence-corrected chi connectivity index (χ2v) is 3.81. The monoisotopic (exact) mass is 189 g/mol. The Labute approximate surface area is 79.5 Å². The molecule has 0 aliphatic carbocycles. The number of ether oxygens (including phenoxy) is 1. The molecule has 0 radical (unpaired) electrons. The average Bonchev–Trinajstić information content (AvgIpc) is 2.61. The van der Waals surface area contributed by atoms with E-state index in [1.54, 1.807) is 11.3 Å². The van der Waals surface area contributed by atoms with Gasteiger partial charge in [-0.2, -0.15) is 0 Å². The standard InChI is InChI=1S/C10H7NOS/c1-2-7-4-8-10(13-6-11-8)5-9(7)12-3-1/h1-2,4-6H,3H2. The zero-order chi connectivity index (χ0) is 8.67. The fourth-order valence-corrected chi connectivity index (χ4v) is 2.16. The van der Waals surface area contributed by atoms with Gasteiger partial charge in [0, 0.05) is 11.6 Å². The minimum Gasteiger partial charge on any atom is -0.489 e. The highest BCUT2D eigenvalue weighted by Gasteiger charge is 2.07. The summed E-state index contributed by atoms with van der Waals surface area (Å²) in [6.45, 7) is 0.678. The highest BCUT2D eigenvalue weighted by Crippen LogP contribution is 2.30. The first-order valence-corrected chi connectivity index (χ1v) is 4.98. The number of hydrogen-bond donors (Lipinski definition) is 0. The van der Waals surface area contributed by atoms with Crippen molar-refractivity contribution in [3.8, 4) is 5.75 Å². The van der Waals surface area contributed by atoms with Crippen molar-refractivity contribution in [2.45, 2.75) is 0 Å². The minimum atomic E-state index is 0.678. The van der Waals surface area contributed by atoms with E-state index in [2.05, 4.69) is 23.2 Å². The summed E-state index contributed by atoms with van der Waals surface area (Å²) >= 11 is 1.64. The van der Waals surface area contributed by atoms with E-state index in [0.29, 0.717) is 6.61 Å². The molecule has 13 heavy (non-hydrogen) atoms. The van der Waals surface area contributed by atoms with Gasteiger partial charge in [0.05, 0.1) is 15.7 Å². The average molecular weight is 189 g/mol. The van der Waals surface area contributed by atoms with E-state index >= 15 is 0 Å². The molecule has 0 unspecified atom stereocenters. The molecule has 1 aliphatic rings. The Morgan fingerprint density at radius 3 is 3.38 bits per heavy atom. The van der Waals surface area contributed by atoms with Crippen LogP contribution in [0.2, 0.25) is 0 Å². The van der Waals surface area contributed by atoms with Crippen LogP contribution in [0.4, 0.5) is 0 Å². The number of nitrogens with zero attached hydrogens (tertiary/aromatic N) is 1. The lowest BCUT2D eigenvalue weighted by molar-refractivity contribution is 0.359. The van der Waals surface area contributed by atoms with Crippen molar-refractivity contribution in [2.24, 2.45) is 0 Å². The first-order valence-electron chi connectivity index (χ1n) is 4.10. The molecule has 0 saturated heterocycles. The Morgan fingerprint density at radius 1 is 1.38 bits per heavy atom. The molecule has 0 atom stereocenters. The molecule has 3 rings (SSSR count). The first kappa shape index (κ1) is 7.09. The molecule has 3 heteroatoms. The van der Waals surface area contributed by atoms with Gasteiger partial charge >= 0.3 is 0 Å². The maximum Gasteiger partial charge on any atom is 0.128 e. The highest BCUT2D eigenvalue weighted by atomic mass is 32.1. The second-order valence-electron chi connectivity index (χ2n) is 2.92. The van der Waals surface area contributed by atoms with Crippen molar-refractivity contribution in [3.63, 3.8) is 0 Å². The van der Waals surface area contributed by atoms with Crippen molar-refractivity contribution in [3.05, 3.63) is 29.3 Å². The minimum absolute atomic E-state index is 0.678. The predicted molar refractivity (Wildman–Crippen MR) is 54.1 cm³/mol. The molecular weight excluding hydrogens is 182 g/mol. The van der Waals surface area contributed by atoms with Crippen LogP contribution in [0.1, 0.15) is 5.56 Å². The van der Waals surface area contributed by atoms with E-state index in [0.717, 1.165) is 16.8 Å². The number of thiazole rings is 1. The maximum atomic E-state index is 5.49. The Morgan fingerprint density at radius 2 is 2.38 bits per heavy atom. The summed E-state index contributed by atoms with van der Waals surface area (Å²) < 4.78 is 6.68. The molecule has 0 amide bonds. The Hall–Kier alpha value is -1.35. The van der Waals surface area contributed by atoms with Crippen molar-refractivity contribution in [2.75, 3.05) is 6.61 Å². The van der Waals surface area contributed by atoms with Crippen LogP contribution in [0.25, 0.3) is 16.3 Å². The van der Waals surface area contributed by atoms with Gasteiger partial charge in [-0.3, -0.25) is 0 Å². The van der Waals surface area contributed by atoms with Gasteiger partial charge in [0.25, 0.3) is 0 Å². The number of rotatable bonds is 0. The fraction of sp³-hybridized carbons (Fsp3) is 0.100. The molecule has 1 aliphatic heterocycles. The summed E-state index contributed by atoms with van der Waals surface area (Å²) in [5.41, 5.74) is 4.04. The van der Waals surface area contributed by atoms with E-state index in [4.69, 9.17) is 4.74 Å². The molecule has 1 aromatic heterocycles. The summed E-state index contributed by atoms with van der Waals surface area (Å²) in [5, 5.41) is 0. The van der Waals surface area contributed by atoms with Gasteiger partial charge in [-0.1, -0.05) is 6.08 Å². The molecule has 2 heterocycles. The molecular formula is C10H7NOS. The van der Waals surface area contributed by atoms with Crippen LogP contribution >= 0.6 is 11.3 Å². The molecule has 1 aromatic carbocycles. The van der Waals surface area contributed by atoms with E-state index < -0.39 is 0 Å². The number of fused-ring (bicyclic) bond motifs is 2. The molecule has 0 fully saturated rings. The van der Waals surface area contributed by atoms with Gasteiger partial charge in [-0.05, 0) is 12.1 Å². The zero-order valence-electron chi connectivity index (χ0n) is 6.86. The summed E-state index contributed by atoms with van der Waals surface area (Å²) in [6.07, 6.45) is 4.10. The van der Waals surface area contributed by atoms with Crippen molar-refractivity contribution >= 4 is 27.6 Å². The van der Waals surface area contributed by atoms with Gasteiger partial charge in [-0.15, -0.1) is 11.3 Å². The number of hydrogen-bond acceptors (Lipinski definition) is 3. The van der Waals surface area contributed by atoms with E-state index in [-0.39, 0.29) is 0 Å². The van der Waals surface area contributed by atoms with Crippen LogP contribution in [-0.4, -0.2) is 11.6 Å². The number of benzene rings is 1. The summed E-state index contributed by atoms with van der Waals surface area (Å²) in [7, 11) is 0. The topological polar surface area (TPSA) is 22.1 Å². The largest absolute Gasteiger partial charge is 0.489 e. The Balaban J connectivity index is 2.36. The van der Waals surface area contributed by atoms with Crippen LogP contribution in [0.5, 0.6) is 5.75 Å². The Kier molecular flexibility index (Phi) is 1.40. The summed E-state index contributed by atoms with van der Waals surface area (Å²) in [4.78, 5) is 4.26. The third-order valence-corrected chi connectivity index (χ3v) is 2.89. The van der Waals surface area contributed by atoms with E-state index in [1.807, 2.05) is 11.6 Å². The van der Waals surface area contributed by atoms with Crippen LogP contribution < -0.4 is 4.74 Å². The molecule has 2 aromatic rings.